The fourth-order valence-electron chi connectivity index (χ4n) is 5.24. The second-order valence-corrected chi connectivity index (χ2v) is 14.3. The molecule has 0 radical (unpaired) electrons. The van der Waals surface area contributed by atoms with E-state index in [9.17, 15) is 23.8 Å². The molecule has 0 spiro atoms. The smallest absolute Gasteiger partial charge is 0.360 e. The molecule has 41 heavy (non-hydrogen) atoms. The van der Waals surface area contributed by atoms with E-state index in [2.05, 4.69) is 0 Å². The zero-order chi connectivity index (χ0) is 29.9. The average Bonchev–Trinajstić information content (AvgIpc) is 3.75. The first-order valence-electron chi connectivity index (χ1n) is 13.9. The Kier molecular flexibility index (Phi) is 10.1. The van der Waals surface area contributed by atoms with Crippen molar-refractivity contribution >= 4 is 37.8 Å². The van der Waals surface area contributed by atoms with Crippen LogP contribution in [0.25, 0.3) is 10.9 Å². The minimum Gasteiger partial charge on any atom is -0.477 e. The molecule has 2 heterocycles. The van der Waals surface area contributed by atoms with Crippen LogP contribution in [0.3, 0.4) is 0 Å². The summed E-state index contributed by atoms with van der Waals surface area (Å²) < 4.78 is 67.6. The average molecular weight is 618 g/mol. The molecule has 0 amide bonds. The van der Waals surface area contributed by atoms with Crippen molar-refractivity contribution in [3.63, 3.8) is 0 Å². The molecule has 1 aromatic carbocycles. The summed E-state index contributed by atoms with van der Waals surface area (Å²) in [5, 5.41) is 9.52. The lowest BCUT2D eigenvalue weighted by Crippen LogP contribution is -2.51. The van der Waals surface area contributed by atoms with E-state index in [1.165, 1.54) is 6.20 Å². The zero-order valence-electron chi connectivity index (χ0n) is 23.8. The molecule has 1 saturated heterocycles. The van der Waals surface area contributed by atoms with E-state index in [0.29, 0.717) is 5.52 Å². The number of rotatable bonds is 14. The molecule has 1 aliphatic carbocycles. The number of pyridine rings is 1. The highest BCUT2D eigenvalue weighted by Crippen LogP contribution is 2.71. The van der Waals surface area contributed by atoms with Crippen LogP contribution in [0.5, 0.6) is 0 Å². The van der Waals surface area contributed by atoms with E-state index in [4.69, 9.17) is 18.1 Å². The van der Waals surface area contributed by atoms with Crippen LogP contribution in [0.1, 0.15) is 56.9 Å². The molecular formula is C26H38FN3O9P2. The Bertz CT molecular complexity index is 1370. The molecule has 228 valence electrons. The number of halogens is 1. The highest BCUT2D eigenvalue weighted by molar-refractivity contribution is 7.72. The minimum atomic E-state index is -4.01. The molecule has 0 bridgehead atoms. The van der Waals surface area contributed by atoms with Gasteiger partial charge in [-0.3, -0.25) is 18.8 Å². The van der Waals surface area contributed by atoms with Crippen LogP contribution < -0.4 is 10.3 Å². The van der Waals surface area contributed by atoms with Crippen LogP contribution in [-0.2, 0) is 27.2 Å². The predicted molar refractivity (Wildman–Crippen MR) is 153 cm³/mol. The lowest BCUT2D eigenvalue weighted by molar-refractivity contribution is 0.0694. The van der Waals surface area contributed by atoms with Gasteiger partial charge in [-0.2, -0.15) is 0 Å². The Morgan fingerprint density at radius 3 is 1.90 bits per heavy atom. The van der Waals surface area contributed by atoms with Gasteiger partial charge in [0.1, 0.15) is 11.4 Å². The van der Waals surface area contributed by atoms with Crippen molar-refractivity contribution in [2.45, 2.75) is 52.1 Å². The van der Waals surface area contributed by atoms with Crippen LogP contribution in [0.2, 0.25) is 0 Å². The summed E-state index contributed by atoms with van der Waals surface area (Å²) in [5.74, 6) is -2.01. The van der Waals surface area contributed by atoms with Crippen LogP contribution in [0, 0.1) is 5.82 Å². The van der Waals surface area contributed by atoms with Gasteiger partial charge >= 0.3 is 21.2 Å². The van der Waals surface area contributed by atoms with Gasteiger partial charge < -0.3 is 32.7 Å². The fraction of sp³-hybridized carbons (Fsp3) is 0.615. The number of piperazine rings is 1. The maximum atomic E-state index is 15.5. The van der Waals surface area contributed by atoms with Gasteiger partial charge in [0, 0.05) is 43.8 Å². The lowest BCUT2D eigenvalue weighted by Gasteiger charge is -2.43. The maximum absolute atomic E-state index is 15.5. The highest BCUT2D eigenvalue weighted by Gasteiger charge is 2.54. The molecule has 1 N–H and O–H groups in total. The van der Waals surface area contributed by atoms with Crippen LogP contribution in [-0.4, -0.2) is 78.7 Å². The first-order chi connectivity index (χ1) is 19.5. The first kappa shape index (κ1) is 31.8. The third kappa shape index (κ3) is 6.46. The van der Waals surface area contributed by atoms with Gasteiger partial charge in [-0.1, -0.05) is 0 Å². The van der Waals surface area contributed by atoms with Gasteiger partial charge in [0.05, 0.1) is 37.6 Å². The van der Waals surface area contributed by atoms with Crippen molar-refractivity contribution in [2.75, 3.05) is 57.5 Å². The Balaban J connectivity index is 1.68. The van der Waals surface area contributed by atoms with Crippen molar-refractivity contribution in [1.82, 2.24) is 9.47 Å². The van der Waals surface area contributed by atoms with Gasteiger partial charge in [0.2, 0.25) is 11.0 Å². The topological polar surface area (TPSA) is 137 Å². The largest absolute Gasteiger partial charge is 0.477 e. The van der Waals surface area contributed by atoms with Gasteiger partial charge in [-0.05, 0) is 52.7 Å². The van der Waals surface area contributed by atoms with Crippen LogP contribution >= 0.6 is 15.2 Å². The Morgan fingerprint density at radius 2 is 1.46 bits per heavy atom. The predicted octanol–water partition coefficient (Wildman–Crippen LogP) is 5.11. The van der Waals surface area contributed by atoms with E-state index in [1.807, 2.05) is 0 Å². The summed E-state index contributed by atoms with van der Waals surface area (Å²) in [6, 6.07) is 2.73. The molecule has 1 aliphatic heterocycles. The number of aromatic carboxylic acids is 1. The third-order valence-corrected chi connectivity index (χ3v) is 13.0. The van der Waals surface area contributed by atoms with Gasteiger partial charge in [-0.15, -0.1) is 0 Å². The summed E-state index contributed by atoms with van der Waals surface area (Å²) in [7, 11) is -8.02. The number of benzene rings is 1. The number of carboxylic acid groups (broad SMARTS) is 1. The number of aromatic nitrogens is 1. The van der Waals surface area contributed by atoms with Crippen molar-refractivity contribution in [2.24, 2.45) is 0 Å². The van der Waals surface area contributed by atoms with Crippen molar-refractivity contribution in [3.8, 4) is 0 Å². The molecule has 0 atom stereocenters. The van der Waals surface area contributed by atoms with E-state index in [0.717, 1.165) is 18.9 Å². The second kappa shape index (κ2) is 13.0. The van der Waals surface area contributed by atoms with Crippen molar-refractivity contribution in [3.05, 3.63) is 39.9 Å². The lowest BCUT2D eigenvalue weighted by atomic mass is 10.1. The number of hydrogen-bond donors (Lipinski definition) is 1. The van der Waals surface area contributed by atoms with Gasteiger partial charge in [0.15, 0.2) is 0 Å². The Morgan fingerprint density at radius 1 is 0.951 bits per heavy atom. The zero-order valence-corrected chi connectivity index (χ0v) is 25.6. The number of hydrogen-bond acceptors (Lipinski definition) is 10. The standard InChI is InChI=1S/C26H38FN3O9P2/c1-5-36-40(34,37-6-2)26(41(35,38-7-3)39-8-4)29-13-11-28(12-14-29)23-16-22-19(15-21(23)27)24(31)20(25(32)33)17-30(22)18-9-10-18/h15-18,26H,5-14H2,1-4H3,(H,32,33). The quantitative estimate of drug-likeness (QED) is 0.283. The van der Waals surface area contributed by atoms with Crippen LogP contribution in [0.15, 0.2) is 23.1 Å². The van der Waals surface area contributed by atoms with Gasteiger partial charge in [-0.25, -0.2) is 9.18 Å². The van der Waals surface area contributed by atoms with E-state index < -0.39 is 43.5 Å². The van der Waals surface area contributed by atoms with Crippen molar-refractivity contribution < 1.29 is 41.5 Å². The first-order valence-corrected chi connectivity index (χ1v) is 17.1. The van der Waals surface area contributed by atoms with E-state index >= 15 is 4.39 Å². The maximum Gasteiger partial charge on any atom is 0.360 e. The molecular weight excluding hydrogens is 579 g/mol. The Labute approximate surface area is 238 Å². The molecule has 12 nitrogen and oxygen atoms in total. The Hall–Kier alpha value is -2.11. The SMILES string of the molecule is CCOP(=O)(OCC)C(N1CCN(c2cc3c(cc2F)c(=O)c(C(=O)O)cn3C2CC2)CC1)P(=O)(OCC)OCC. The van der Waals surface area contributed by atoms with Crippen LogP contribution in [0.4, 0.5) is 10.1 Å². The summed E-state index contributed by atoms with van der Waals surface area (Å²) in [6.07, 6.45) is 3.01. The number of anilines is 1. The minimum absolute atomic E-state index is 0.0143. The normalized spacial score (nSPS) is 17.1. The molecule has 4 rings (SSSR count). The molecule has 15 heteroatoms. The summed E-state index contributed by atoms with van der Waals surface area (Å²) in [4.78, 5) is 28.0. The molecule has 2 fully saturated rings. The summed E-state index contributed by atoms with van der Waals surface area (Å²) in [5.41, 5.74) is -1.72. The van der Waals surface area contributed by atoms with Crippen molar-refractivity contribution in [1.29, 1.82) is 0 Å². The second-order valence-electron chi connectivity index (χ2n) is 9.76. The third-order valence-electron chi connectivity index (χ3n) is 7.05. The molecule has 2 aliphatic rings. The molecule has 1 aromatic heterocycles. The number of fused-ring (bicyclic) bond motifs is 1. The molecule has 0 unspecified atom stereocenters. The van der Waals surface area contributed by atoms with Gasteiger partial charge in [0.25, 0.3) is 0 Å². The monoisotopic (exact) mass is 617 g/mol. The van der Waals surface area contributed by atoms with E-state index in [-0.39, 0.29) is 69.7 Å². The fourth-order valence-corrected chi connectivity index (χ4v) is 10.8. The summed E-state index contributed by atoms with van der Waals surface area (Å²) >= 11 is 0. The van der Waals surface area contributed by atoms with E-state index in [1.54, 1.807) is 48.1 Å². The number of carboxylic acids is 1. The molecule has 1 saturated carbocycles. The highest BCUT2D eigenvalue weighted by atomic mass is 31.2. The number of nitrogens with zero attached hydrogens (tertiary/aromatic N) is 3. The summed E-state index contributed by atoms with van der Waals surface area (Å²) in [6.45, 7) is 7.82. The molecule has 2 aromatic rings. The number of carbonyl (C=O) groups is 1.